The summed E-state index contributed by atoms with van der Waals surface area (Å²) in [6.07, 6.45) is 4.79. The lowest BCUT2D eigenvalue weighted by Gasteiger charge is -2.38. The number of benzene rings is 1. The van der Waals surface area contributed by atoms with Crippen molar-refractivity contribution < 1.29 is 13.9 Å². The molecule has 1 amide bonds. The highest BCUT2D eigenvalue weighted by Crippen LogP contribution is 2.30. The summed E-state index contributed by atoms with van der Waals surface area (Å²) >= 11 is 1.53. The second kappa shape index (κ2) is 8.92. The minimum absolute atomic E-state index is 0.0287. The number of hydrogen-bond donors (Lipinski definition) is 0. The summed E-state index contributed by atoms with van der Waals surface area (Å²) < 4.78 is 18.8. The second-order valence-corrected chi connectivity index (χ2v) is 8.66. The number of hydrogen-bond acceptors (Lipinski definition) is 5. The van der Waals surface area contributed by atoms with Crippen molar-refractivity contribution in [2.24, 2.45) is 5.92 Å². The summed E-state index contributed by atoms with van der Waals surface area (Å²) in [5, 5.41) is 2.77. The molecule has 0 saturated carbocycles. The number of nitrogens with zero attached hydrogens (tertiary/aromatic N) is 3. The molecule has 0 radical (unpaired) electrons. The summed E-state index contributed by atoms with van der Waals surface area (Å²) in [5.41, 5.74) is 2.62. The average Bonchev–Trinajstić information content (AvgIpc) is 3.28. The van der Waals surface area contributed by atoms with Crippen LogP contribution in [-0.2, 0) is 0 Å². The van der Waals surface area contributed by atoms with Crippen LogP contribution in [0.1, 0.15) is 35.7 Å². The lowest BCUT2D eigenvalue weighted by atomic mass is 9.92. The molecule has 30 heavy (non-hydrogen) atoms. The molecule has 3 aromatic rings. The molecular weight excluding hydrogens is 401 g/mol. The fraction of sp³-hybridized carbons (Fsp3) is 0.348. The Morgan fingerprint density at radius 3 is 2.87 bits per heavy atom. The van der Waals surface area contributed by atoms with E-state index in [4.69, 9.17) is 4.74 Å². The summed E-state index contributed by atoms with van der Waals surface area (Å²) in [5.74, 6) is 0.239. The van der Waals surface area contributed by atoms with Gasteiger partial charge in [-0.2, -0.15) is 0 Å². The topological polar surface area (TPSA) is 55.3 Å². The predicted octanol–water partition coefficient (Wildman–Crippen LogP) is 4.97. The summed E-state index contributed by atoms with van der Waals surface area (Å²) in [7, 11) is 0. The molecule has 1 aromatic carbocycles. The van der Waals surface area contributed by atoms with Gasteiger partial charge < -0.3 is 9.64 Å². The molecule has 0 bridgehead atoms. The molecule has 7 heteroatoms. The number of rotatable bonds is 5. The van der Waals surface area contributed by atoms with Gasteiger partial charge in [0.2, 0.25) is 5.88 Å². The van der Waals surface area contributed by atoms with Crippen LogP contribution in [0.2, 0.25) is 0 Å². The van der Waals surface area contributed by atoms with Gasteiger partial charge in [0.15, 0.2) is 0 Å². The van der Waals surface area contributed by atoms with Crippen LogP contribution in [0.15, 0.2) is 48.1 Å². The van der Waals surface area contributed by atoms with Gasteiger partial charge >= 0.3 is 0 Å². The maximum absolute atomic E-state index is 13.5. The molecule has 156 valence electrons. The number of piperidine rings is 1. The number of likely N-dealkylation sites (tertiary alicyclic amines) is 1. The molecule has 1 aliphatic rings. The van der Waals surface area contributed by atoms with Crippen LogP contribution in [0.4, 0.5) is 4.39 Å². The Morgan fingerprint density at radius 2 is 2.13 bits per heavy atom. The number of carbonyl (C=O) groups excluding carboxylic acids is 1. The first-order valence-electron chi connectivity index (χ1n) is 10.1. The zero-order chi connectivity index (χ0) is 21.1. The van der Waals surface area contributed by atoms with Crippen molar-refractivity contribution in [3.05, 3.63) is 65.0 Å². The van der Waals surface area contributed by atoms with Gasteiger partial charge in [0.05, 0.1) is 18.4 Å². The van der Waals surface area contributed by atoms with Gasteiger partial charge in [-0.25, -0.2) is 14.4 Å². The third-order valence-electron chi connectivity index (χ3n) is 5.48. The minimum atomic E-state index is -0.389. The first kappa shape index (κ1) is 20.5. The summed E-state index contributed by atoms with van der Waals surface area (Å²) in [6.45, 7) is 5.15. The van der Waals surface area contributed by atoms with E-state index in [1.165, 1.54) is 23.5 Å². The van der Waals surface area contributed by atoms with Crippen LogP contribution >= 0.6 is 11.3 Å². The molecule has 1 fully saturated rings. The molecule has 3 heterocycles. The van der Waals surface area contributed by atoms with Crippen molar-refractivity contribution >= 4 is 17.2 Å². The lowest BCUT2D eigenvalue weighted by molar-refractivity contribution is 0.0503. The smallest absolute Gasteiger partial charge is 0.254 e. The van der Waals surface area contributed by atoms with Gasteiger partial charge in [0.25, 0.3) is 5.91 Å². The van der Waals surface area contributed by atoms with Gasteiger partial charge in [-0.15, -0.1) is 11.3 Å². The van der Waals surface area contributed by atoms with Gasteiger partial charge in [-0.3, -0.25) is 4.79 Å². The van der Waals surface area contributed by atoms with E-state index in [0.29, 0.717) is 24.6 Å². The molecule has 2 aromatic heterocycles. The van der Waals surface area contributed by atoms with Crippen LogP contribution in [0, 0.1) is 18.7 Å². The number of carbonyl (C=O) groups is 1. The van der Waals surface area contributed by atoms with Crippen molar-refractivity contribution in [3.63, 3.8) is 0 Å². The Hall–Kier alpha value is -2.80. The fourth-order valence-electron chi connectivity index (χ4n) is 3.78. The normalized spacial score (nSPS) is 19.0. The number of halogens is 1. The van der Waals surface area contributed by atoms with Crippen molar-refractivity contribution in [2.45, 2.75) is 32.7 Å². The van der Waals surface area contributed by atoms with Crippen molar-refractivity contribution in [3.8, 4) is 16.5 Å². The van der Waals surface area contributed by atoms with Crippen LogP contribution < -0.4 is 4.74 Å². The van der Waals surface area contributed by atoms with Crippen molar-refractivity contribution in [1.29, 1.82) is 0 Å². The monoisotopic (exact) mass is 425 g/mol. The van der Waals surface area contributed by atoms with E-state index in [9.17, 15) is 9.18 Å². The number of aromatic nitrogens is 2. The first-order chi connectivity index (χ1) is 14.5. The minimum Gasteiger partial charge on any atom is -0.477 e. The van der Waals surface area contributed by atoms with Crippen molar-refractivity contribution in [1.82, 2.24) is 14.9 Å². The molecular formula is C23H24FN3O2S. The van der Waals surface area contributed by atoms with E-state index in [-0.39, 0.29) is 23.7 Å². The van der Waals surface area contributed by atoms with E-state index in [1.54, 1.807) is 6.20 Å². The fourth-order valence-corrected chi connectivity index (χ4v) is 4.46. The Kier molecular flexibility index (Phi) is 6.08. The van der Waals surface area contributed by atoms with E-state index >= 15 is 0 Å². The second-order valence-electron chi connectivity index (χ2n) is 7.76. The summed E-state index contributed by atoms with van der Waals surface area (Å²) in [6, 6.07) is 8.96. The zero-order valence-corrected chi connectivity index (χ0v) is 17.9. The van der Waals surface area contributed by atoms with Crippen LogP contribution in [0.25, 0.3) is 10.6 Å². The summed E-state index contributed by atoms with van der Waals surface area (Å²) in [4.78, 5) is 23.8. The Bertz CT molecular complexity index is 1010. The highest BCUT2D eigenvalue weighted by molar-refractivity contribution is 7.13. The van der Waals surface area contributed by atoms with Crippen molar-refractivity contribution in [2.75, 3.05) is 13.2 Å². The molecule has 1 saturated heterocycles. The molecule has 4 rings (SSSR count). The Labute approximate surface area is 179 Å². The maximum atomic E-state index is 13.5. The molecule has 5 nitrogen and oxygen atoms in total. The van der Waals surface area contributed by atoms with Gasteiger partial charge in [-0.05, 0) is 38.8 Å². The van der Waals surface area contributed by atoms with E-state index in [0.717, 1.165) is 35.2 Å². The molecule has 0 spiro atoms. The average molecular weight is 426 g/mol. The number of ether oxygens (including phenoxy) is 1. The number of aryl methyl sites for hydroxylation is 1. The standard InChI is InChI=1S/C23H24FN3O2S/c1-15-3-7-19(22-25-9-10-30-22)20(11-15)23(28)27-13-17(5-4-16(27)2)14-29-21-8-6-18(24)12-26-21/h3,6-12,16-17H,4-5,13-14H2,1-2H3/t16-,17-/m1/s1. The quantitative estimate of drug-likeness (QED) is 0.579. The highest BCUT2D eigenvalue weighted by Gasteiger charge is 2.31. The Morgan fingerprint density at radius 1 is 1.27 bits per heavy atom. The van der Waals surface area contributed by atoms with Crippen LogP contribution in [0.3, 0.4) is 0 Å². The van der Waals surface area contributed by atoms with Gasteiger partial charge in [0.1, 0.15) is 10.8 Å². The first-order valence-corrected chi connectivity index (χ1v) is 10.9. The maximum Gasteiger partial charge on any atom is 0.254 e. The molecule has 2 atom stereocenters. The third kappa shape index (κ3) is 4.51. The SMILES string of the molecule is Cc1ccc(-c2nccs2)c(C(=O)N2C[C@H](COc3ccc(F)cn3)CC[C@H]2C)c1. The molecule has 0 unspecified atom stereocenters. The lowest BCUT2D eigenvalue weighted by Crippen LogP contribution is -2.47. The molecule has 0 aliphatic carbocycles. The molecule has 1 aliphatic heterocycles. The van der Waals surface area contributed by atoms with Crippen LogP contribution in [-0.4, -0.2) is 40.0 Å². The van der Waals surface area contributed by atoms with E-state index in [1.807, 2.05) is 35.4 Å². The van der Waals surface area contributed by atoms with Gasteiger partial charge in [0, 0.05) is 41.7 Å². The number of thiazole rings is 1. The van der Waals surface area contributed by atoms with E-state index in [2.05, 4.69) is 16.9 Å². The molecule has 0 N–H and O–H groups in total. The number of pyridine rings is 1. The van der Waals surface area contributed by atoms with Crippen LogP contribution in [0.5, 0.6) is 5.88 Å². The predicted molar refractivity (Wildman–Crippen MR) is 115 cm³/mol. The number of amides is 1. The third-order valence-corrected chi connectivity index (χ3v) is 6.28. The van der Waals surface area contributed by atoms with Gasteiger partial charge in [-0.1, -0.05) is 17.7 Å². The largest absolute Gasteiger partial charge is 0.477 e. The zero-order valence-electron chi connectivity index (χ0n) is 17.0. The highest BCUT2D eigenvalue weighted by atomic mass is 32.1. The Balaban J connectivity index is 1.50. The van der Waals surface area contributed by atoms with E-state index < -0.39 is 0 Å².